The molecule has 0 spiro atoms. The molecule has 0 aliphatic carbocycles. The molecule has 0 N–H and O–H groups in total. The Morgan fingerprint density at radius 2 is 2.00 bits per heavy atom. The van der Waals surface area contributed by atoms with Crippen LogP contribution in [-0.2, 0) is 6.18 Å². The highest BCUT2D eigenvalue weighted by molar-refractivity contribution is 5.39. The zero-order valence-electron chi connectivity index (χ0n) is 6.11. The van der Waals surface area contributed by atoms with Crippen molar-refractivity contribution < 1.29 is 17.6 Å². The lowest BCUT2D eigenvalue weighted by Gasteiger charge is -2.08. The van der Waals surface area contributed by atoms with Gasteiger partial charge in [0.1, 0.15) is 11.4 Å². The van der Waals surface area contributed by atoms with Crippen LogP contribution in [0.5, 0.6) is 0 Å². The van der Waals surface area contributed by atoms with Crippen molar-refractivity contribution in [2.45, 2.75) is 6.18 Å². The van der Waals surface area contributed by atoms with Gasteiger partial charge in [-0.2, -0.15) is 18.4 Å². The minimum atomic E-state index is -4.85. The Morgan fingerprint density at radius 1 is 1.38 bits per heavy atom. The van der Waals surface area contributed by atoms with Gasteiger partial charge in [0.05, 0.1) is 11.6 Å². The van der Waals surface area contributed by atoms with Crippen LogP contribution in [0.15, 0.2) is 12.1 Å². The molecule has 0 fully saturated rings. The fourth-order valence-electron chi connectivity index (χ4n) is 0.842. The van der Waals surface area contributed by atoms with Crippen LogP contribution in [0.4, 0.5) is 17.6 Å². The van der Waals surface area contributed by atoms with Gasteiger partial charge in [-0.3, -0.25) is 0 Å². The minimum Gasteiger partial charge on any atom is -0.206 e. The fraction of sp³-hybridized carbons (Fsp3) is 0.125. The highest BCUT2D eigenvalue weighted by Gasteiger charge is 2.36. The lowest BCUT2D eigenvalue weighted by molar-refractivity contribution is -0.140. The molecule has 1 radical (unpaired) electrons. The van der Waals surface area contributed by atoms with E-state index in [9.17, 15) is 17.6 Å². The molecule has 0 unspecified atom stereocenters. The summed E-state index contributed by atoms with van der Waals surface area (Å²) in [4.78, 5) is 0. The highest BCUT2D eigenvalue weighted by atomic mass is 19.4. The third kappa shape index (κ3) is 1.78. The van der Waals surface area contributed by atoms with Crippen molar-refractivity contribution in [2.24, 2.45) is 0 Å². The summed E-state index contributed by atoms with van der Waals surface area (Å²) in [6, 6.07) is 4.81. The standard InChI is InChI=1S/C8H2F4N/c9-6-3-1-2-5(4-13)7(6)8(10,11)12/h1-2H. The molecule has 1 nitrogen and oxygen atoms in total. The van der Waals surface area contributed by atoms with E-state index >= 15 is 0 Å². The number of halogens is 4. The van der Waals surface area contributed by atoms with Gasteiger partial charge in [0.2, 0.25) is 0 Å². The lowest BCUT2D eigenvalue weighted by atomic mass is 10.1. The molecule has 0 aliphatic heterocycles. The quantitative estimate of drug-likeness (QED) is 0.574. The molecule has 0 atom stereocenters. The van der Waals surface area contributed by atoms with E-state index in [4.69, 9.17) is 5.26 Å². The van der Waals surface area contributed by atoms with Gasteiger partial charge in [-0.15, -0.1) is 0 Å². The second kappa shape index (κ2) is 3.05. The van der Waals surface area contributed by atoms with Gasteiger partial charge >= 0.3 is 6.18 Å². The number of hydrogen-bond acceptors (Lipinski definition) is 1. The summed E-state index contributed by atoms with van der Waals surface area (Å²) in [5.74, 6) is -1.55. The first kappa shape index (κ1) is 9.52. The number of nitrogens with zero attached hydrogens (tertiary/aromatic N) is 1. The predicted molar refractivity (Wildman–Crippen MR) is 35.0 cm³/mol. The second-order valence-corrected chi connectivity index (χ2v) is 2.19. The average molecular weight is 188 g/mol. The van der Waals surface area contributed by atoms with E-state index in [1.165, 1.54) is 6.07 Å². The van der Waals surface area contributed by atoms with E-state index < -0.39 is 23.1 Å². The lowest BCUT2D eigenvalue weighted by Crippen LogP contribution is -2.10. The maximum atomic E-state index is 12.6. The molecule has 0 amide bonds. The summed E-state index contributed by atoms with van der Waals surface area (Å²) in [5, 5.41) is 8.28. The van der Waals surface area contributed by atoms with Gasteiger partial charge < -0.3 is 0 Å². The largest absolute Gasteiger partial charge is 0.420 e. The summed E-state index contributed by atoms with van der Waals surface area (Å²) in [5.41, 5.74) is -2.29. The minimum absolute atomic E-state index is 0.733. The number of hydrogen-bond donors (Lipinski definition) is 0. The molecule has 0 heterocycles. The first-order chi connectivity index (χ1) is 5.96. The van der Waals surface area contributed by atoms with Crippen LogP contribution in [0.1, 0.15) is 11.1 Å². The molecular formula is C8H2F4N. The first-order valence-electron chi connectivity index (χ1n) is 3.14. The average Bonchev–Trinajstić information content (AvgIpc) is 2.01. The van der Waals surface area contributed by atoms with Gasteiger partial charge in [-0.25, -0.2) is 4.39 Å². The number of nitriles is 1. The fourth-order valence-corrected chi connectivity index (χ4v) is 0.842. The third-order valence-electron chi connectivity index (χ3n) is 1.35. The monoisotopic (exact) mass is 188 g/mol. The Balaban J connectivity index is 3.43. The summed E-state index contributed by atoms with van der Waals surface area (Å²) in [7, 11) is 0. The van der Waals surface area contributed by atoms with Crippen LogP contribution in [0.3, 0.4) is 0 Å². The molecule has 0 aromatic heterocycles. The van der Waals surface area contributed by atoms with E-state index in [1.807, 2.05) is 0 Å². The summed E-state index contributed by atoms with van der Waals surface area (Å²) < 4.78 is 48.9. The van der Waals surface area contributed by atoms with Crippen LogP contribution in [-0.4, -0.2) is 0 Å². The zero-order chi connectivity index (χ0) is 10.1. The number of benzene rings is 1. The van der Waals surface area contributed by atoms with Gasteiger partial charge in [0.25, 0.3) is 0 Å². The second-order valence-electron chi connectivity index (χ2n) is 2.19. The highest BCUT2D eigenvalue weighted by Crippen LogP contribution is 2.33. The molecule has 67 valence electrons. The molecular weight excluding hydrogens is 186 g/mol. The van der Waals surface area contributed by atoms with E-state index in [0.717, 1.165) is 12.1 Å². The third-order valence-corrected chi connectivity index (χ3v) is 1.35. The van der Waals surface area contributed by atoms with Gasteiger partial charge in [-0.1, -0.05) is 0 Å². The van der Waals surface area contributed by atoms with Crippen molar-refractivity contribution in [2.75, 3.05) is 0 Å². The SMILES string of the molecule is N#Cc1cc[c]c(F)c1C(F)(F)F. The van der Waals surface area contributed by atoms with Gasteiger partial charge in [0, 0.05) is 6.07 Å². The molecule has 13 heavy (non-hydrogen) atoms. The Bertz CT molecular complexity index is 361. The molecule has 0 bridgehead atoms. The van der Waals surface area contributed by atoms with Gasteiger partial charge in [-0.05, 0) is 12.1 Å². The molecule has 0 saturated heterocycles. The smallest absolute Gasteiger partial charge is 0.206 e. The molecule has 1 aromatic rings. The van der Waals surface area contributed by atoms with Crippen molar-refractivity contribution in [3.05, 3.63) is 35.1 Å². The molecule has 1 rings (SSSR count). The van der Waals surface area contributed by atoms with Crippen LogP contribution < -0.4 is 0 Å². The predicted octanol–water partition coefficient (Wildman–Crippen LogP) is 2.52. The van der Waals surface area contributed by atoms with Crippen molar-refractivity contribution in [1.82, 2.24) is 0 Å². The summed E-state index contributed by atoms with van der Waals surface area (Å²) in [6.07, 6.45) is -4.85. The Hall–Kier alpha value is -1.57. The van der Waals surface area contributed by atoms with Crippen molar-refractivity contribution in [3.63, 3.8) is 0 Å². The Morgan fingerprint density at radius 3 is 2.38 bits per heavy atom. The van der Waals surface area contributed by atoms with Crippen LogP contribution in [0, 0.1) is 23.2 Å². The molecule has 1 aromatic carbocycles. The topological polar surface area (TPSA) is 23.8 Å². The zero-order valence-corrected chi connectivity index (χ0v) is 6.11. The van der Waals surface area contributed by atoms with Crippen LogP contribution in [0.25, 0.3) is 0 Å². The van der Waals surface area contributed by atoms with Crippen molar-refractivity contribution in [1.29, 1.82) is 5.26 Å². The van der Waals surface area contributed by atoms with E-state index in [-0.39, 0.29) is 0 Å². The summed E-state index contributed by atoms with van der Waals surface area (Å²) >= 11 is 0. The van der Waals surface area contributed by atoms with Crippen molar-refractivity contribution in [3.8, 4) is 6.07 Å². The maximum Gasteiger partial charge on any atom is 0.420 e. The Labute approximate surface area is 71.2 Å². The van der Waals surface area contributed by atoms with E-state index in [1.54, 1.807) is 6.07 Å². The molecule has 0 saturated carbocycles. The van der Waals surface area contributed by atoms with Crippen LogP contribution in [0.2, 0.25) is 0 Å². The van der Waals surface area contributed by atoms with E-state index in [0.29, 0.717) is 0 Å². The van der Waals surface area contributed by atoms with Crippen molar-refractivity contribution >= 4 is 0 Å². The summed E-state index contributed by atoms with van der Waals surface area (Å²) in [6.45, 7) is 0. The first-order valence-corrected chi connectivity index (χ1v) is 3.14. The molecule has 5 heteroatoms. The van der Waals surface area contributed by atoms with Crippen LogP contribution >= 0.6 is 0 Å². The Kier molecular flexibility index (Phi) is 2.24. The van der Waals surface area contributed by atoms with E-state index in [2.05, 4.69) is 0 Å². The maximum absolute atomic E-state index is 12.6. The number of rotatable bonds is 0. The molecule has 0 aliphatic rings. The van der Waals surface area contributed by atoms with Gasteiger partial charge in [0.15, 0.2) is 0 Å². The normalized spacial score (nSPS) is 11.0. The number of alkyl halides is 3.